The smallest absolute Gasteiger partial charge is 0.0469 e. The van der Waals surface area contributed by atoms with Gasteiger partial charge in [-0.05, 0) is 36.9 Å². The van der Waals surface area contributed by atoms with Crippen LogP contribution in [0.3, 0.4) is 0 Å². The Morgan fingerprint density at radius 1 is 1.35 bits per heavy atom. The van der Waals surface area contributed by atoms with Crippen LogP contribution in [0.2, 0.25) is 0 Å². The SMILES string of the molecule is CCNC(c1ccccc1Br)C1CCOCC1. The zero-order chi connectivity index (χ0) is 12.1. The minimum Gasteiger partial charge on any atom is -0.381 e. The second-order valence-corrected chi connectivity index (χ2v) is 5.36. The fraction of sp³-hybridized carbons (Fsp3) is 0.571. The molecule has 3 heteroatoms. The van der Waals surface area contributed by atoms with Gasteiger partial charge >= 0.3 is 0 Å². The highest BCUT2D eigenvalue weighted by atomic mass is 79.9. The predicted molar refractivity (Wildman–Crippen MR) is 74.1 cm³/mol. The molecule has 1 aliphatic heterocycles. The molecule has 0 saturated carbocycles. The number of ether oxygens (including phenoxy) is 1. The molecular weight excluding hydrogens is 278 g/mol. The maximum atomic E-state index is 5.45. The van der Waals surface area contributed by atoms with Gasteiger partial charge < -0.3 is 10.1 Å². The van der Waals surface area contributed by atoms with Crippen molar-refractivity contribution in [3.63, 3.8) is 0 Å². The zero-order valence-electron chi connectivity index (χ0n) is 10.3. The number of halogens is 1. The molecule has 1 aromatic rings. The number of rotatable bonds is 4. The monoisotopic (exact) mass is 297 g/mol. The van der Waals surface area contributed by atoms with Gasteiger partial charge in [0.15, 0.2) is 0 Å². The van der Waals surface area contributed by atoms with Crippen LogP contribution in [-0.4, -0.2) is 19.8 Å². The predicted octanol–water partition coefficient (Wildman–Crippen LogP) is 3.53. The third-order valence-electron chi connectivity index (χ3n) is 3.40. The Balaban J connectivity index is 2.18. The van der Waals surface area contributed by atoms with E-state index in [0.717, 1.165) is 32.6 Å². The molecule has 94 valence electrons. The van der Waals surface area contributed by atoms with Crippen LogP contribution in [0.25, 0.3) is 0 Å². The van der Waals surface area contributed by atoms with E-state index < -0.39 is 0 Å². The van der Waals surface area contributed by atoms with Crippen LogP contribution in [0, 0.1) is 5.92 Å². The summed E-state index contributed by atoms with van der Waals surface area (Å²) in [5, 5.41) is 3.62. The van der Waals surface area contributed by atoms with Crippen LogP contribution in [0.1, 0.15) is 31.4 Å². The Kier molecular flexibility index (Phi) is 5.01. The summed E-state index contributed by atoms with van der Waals surface area (Å²) in [4.78, 5) is 0. The van der Waals surface area contributed by atoms with E-state index in [1.165, 1.54) is 10.0 Å². The number of hydrogen-bond acceptors (Lipinski definition) is 2. The molecule has 1 aliphatic rings. The van der Waals surface area contributed by atoms with Gasteiger partial charge in [-0.2, -0.15) is 0 Å². The van der Waals surface area contributed by atoms with Crippen molar-refractivity contribution >= 4 is 15.9 Å². The van der Waals surface area contributed by atoms with E-state index in [2.05, 4.69) is 52.4 Å². The van der Waals surface area contributed by atoms with E-state index >= 15 is 0 Å². The molecule has 1 fully saturated rings. The van der Waals surface area contributed by atoms with Crippen LogP contribution >= 0.6 is 15.9 Å². The molecule has 2 rings (SSSR count). The molecule has 1 atom stereocenters. The molecule has 2 nitrogen and oxygen atoms in total. The van der Waals surface area contributed by atoms with Crippen molar-refractivity contribution in [2.24, 2.45) is 5.92 Å². The van der Waals surface area contributed by atoms with E-state index in [9.17, 15) is 0 Å². The highest BCUT2D eigenvalue weighted by Crippen LogP contribution is 2.33. The van der Waals surface area contributed by atoms with Crippen molar-refractivity contribution < 1.29 is 4.74 Å². The second-order valence-electron chi connectivity index (χ2n) is 4.51. The maximum absolute atomic E-state index is 5.45. The average Bonchev–Trinajstić information content (AvgIpc) is 2.38. The Labute approximate surface area is 112 Å². The number of benzene rings is 1. The summed E-state index contributed by atoms with van der Waals surface area (Å²) in [7, 11) is 0. The third-order valence-corrected chi connectivity index (χ3v) is 4.12. The maximum Gasteiger partial charge on any atom is 0.0469 e. The topological polar surface area (TPSA) is 21.3 Å². The van der Waals surface area contributed by atoms with Gasteiger partial charge in [0.2, 0.25) is 0 Å². The largest absolute Gasteiger partial charge is 0.381 e. The second kappa shape index (κ2) is 6.53. The highest BCUT2D eigenvalue weighted by Gasteiger charge is 2.25. The quantitative estimate of drug-likeness (QED) is 0.918. The van der Waals surface area contributed by atoms with Crippen molar-refractivity contribution in [2.45, 2.75) is 25.8 Å². The lowest BCUT2D eigenvalue weighted by atomic mass is 9.87. The van der Waals surface area contributed by atoms with E-state index in [1.54, 1.807) is 0 Å². The molecule has 0 radical (unpaired) electrons. The summed E-state index contributed by atoms with van der Waals surface area (Å²) in [5.74, 6) is 0.683. The Morgan fingerprint density at radius 2 is 2.06 bits per heavy atom. The van der Waals surface area contributed by atoms with Gasteiger partial charge in [-0.3, -0.25) is 0 Å². The summed E-state index contributed by atoms with van der Waals surface area (Å²) in [5.41, 5.74) is 1.38. The normalized spacial score (nSPS) is 19.2. The van der Waals surface area contributed by atoms with Gasteiger partial charge in [0.25, 0.3) is 0 Å². The van der Waals surface area contributed by atoms with Crippen LogP contribution in [-0.2, 0) is 4.74 Å². The van der Waals surface area contributed by atoms with E-state index in [0.29, 0.717) is 12.0 Å². The van der Waals surface area contributed by atoms with E-state index in [-0.39, 0.29) is 0 Å². The number of nitrogens with one attached hydrogen (secondary N) is 1. The molecule has 0 spiro atoms. The third kappa shape index (κ3) is 3.30. The molecule has 1 aromatic carbocycles. The molecule has 1 heterocycles. The van der Waals surface area contributed by atoms with Crippen LogP contribution < -0.4 is 5.32 Å². The molecule has 0 aliphatic carbocycles. The first-order valence-corrected chi connectivity index (χ1v) is 7.17. The van der Waals surface area contributed by atoms with Crippen molar-refractivity contribution in [1.82, 2.24) is 5.32 Å². The van der Waals surface area contributed by atoms with Crippen molar-refractivity contribution in [3.05, 3.63) is 34.3 Å². The molecule has 1 saturated heterocycles. The lowest BCUT2D eigenvalue weighted by Gasteiger charge is -2.31. The minimum atomic E-state index is 0.444. The molecule has 0 bridgehead atoms. The molecule has 1 N–H and O–H groups in total. The summed E-state index contributed by atoms with van der Waals surface area (Å²) in [6.07, 6.45) is 2.30. The van der Waals surface area contributed by atoms with Gasteiger partial charge in [0.05, 0.1) is 0 Å². The fourth-order valence-electron chi connectivity index (χ4n) is 2.53. The fourth-order valence-corrected chi connectivity index (χ4v) is 3.06. The first-order valence-electron chi connectivity index (χ1n) is 6.38. The Morgan fingerprint density at radius 3 is 2.71 bits per heavy atom. The standard InChI is InChI=1S/C14H20BrNO/c1-2-16-14(11-7-9-17-10-8-11)12-5-3-4-6-13(12)15/h3-6,11,14,16H,2,7-10H2,1H3. The first-order chi connectivity index (χ1) is 8.33. The van der Waals surface area contributed by atoms with Gasteiger partial charge in [-0.1, -0.05) is 41.1 Å². The lowest BCUT2D eigenvalue weighted by molar-refractivity contribution is 0.0537. The first kappa shape index (κ1) is 13.1. The molecule has 0 amide bonds. The Bertz CT molecular complexity index is 350. The van der Waals surface area contributed by atoms with Crippen LogP contribution in [0.15, 0.2) is 28.7 Å². The summed E-state index contributed by atoms with van der Waals surface area (Å²) in [6.45, 7) is 4.97. The molecule has 1 unspecified atom stereocenters. The van der Waals surface area contributed by atoms with E-state index in [4.69, 9.17) is 4.74 Å². The minimum absolute atomic E-state index is 0.444. The zero-order valence-corrected chi connectivity index (χ0v) is 11.9. The Hall–Kier alpha value is -0.380. The summed E-state index contributed by atoms with van der Waals surface area (Å²) in [6, 6.07) is 8.97. The molecular formula is C14H20BrNO. The molecule has 0 aromatic heterocycles. The van der Waals surface area contributed by atoms with Gasteiger partial charge in [-0.25, -0.2) is 0 Å². The lowest BCUT2D eigenvalue weighted by Crippen LogP contribution is -2.32. The van der Waals surface area contributed by atoms with Crippen molar-refractivity contribution in [3.8, 4) is 0 Å². The van der Waals surface area contributed by atoms with Crippen LogP contribution in [0.4, 0.5) is 0 Å². The van der Waals surface area contributed by atoms with E-state index in [1.807, 2.05) is 0 Å². The van der Waals surface area contributed by atoms with Gasteiger partial charge in [0.1, 0.15) is 0 Å². The van der Waals surface area contributed by atoms with Gasteiger partial charge in [0, 0.05) is 23.7 Å². The summed E-state index contributed by atoms with van der Waals surface area (Å²) >= 11 is 3.66. The highest BCUT2D eigenvalue weighted by molar-refractivity contribution is 9.10. The average molecular weight is 298 g/mol. The number of hydrogen-bond donors (Lipinski definition) is 1. The van der Waals surface area contributed by atoms with Gasteiger partial charge in [-0.15, -0.1) is 0 Å². The van der Waals surface area contributed by atoms with Crippen molar-refractivity contribution in [2.75, 3.05) is 19.8 Å². The van der Waals surface area contributed by atoms with Crippen molar-refractivity contribution in [1.29, 1.82) is 0 Å². The van der Waals surface area contributed by atoms with Crippen LogP contribution in [0.5, 0.6) is 0 Å². The summed E-state index contributed by atoms with van der Waals surface area (Å²) < 4.78 is 6.66. The molecule has 17 heavy (non-hydrogen) atoms.